The fourth-order valence-electron chi connectivity index (χ4n) is 1.57. The Bertz CT molecular complexity index is 687. The van der Waals surface area contributed by atoms with Crippen LogP contribution < -0.4 is 4.74 Å². The summed E-state index contributed by atoms with van der Waals surface area (Å²) >= 11 is 3.17. The fraction of sp³-hybridized carbons (Fsp3) is 0.0769. The van der Waals surface area contributed by atoms with Gasteiger partial charge in [-0.3, -0.25) is 10.1 Å². The Morgan fingerprint density at radius 1 is 1.38 bits per heavy atom. The van der Waals surface area contributed by atoms with Crippen LogP contribution in [-0.4, -0.2) is 21.0 Å². The van der Waals surface area contributed by atoms with Gasteiger partial charge in [0, 0.05) is 11.6 Å². The van der Waals surface area contributed by atoms with Gasteiger partial charge in [-0.25, -0.2) is 9.78 Å². The first-order valence-corrected chi connectivity index (χ1v) is 6.52. The molecule has 1 heterocycles. The minimum Gasteiger partial charge on any atom is -0.487 e. The molecular weight excluding hydrogens is 344 g/mol. The molecule has 2 rings (SSSR count). The van der Waals surface area contributed by atoms with E-state index in [4.69, 9.17) is 9.84 Å². The molecule has 0 unspecified atom stereocenters. The lowest BCUT2D eigenvalue weighted by Crippen LogP contribution is -2.02. The number of ether oxygens (including phenoxy) is 1. The van der Waals surface area contributed by atoms with Gasteiger partial charge in [-0.05, 0) is 28.1 Å². The van der Waals surface area contributed by atoms with Crippen LogP contribution in [0.15, 0.2) is 41.0 Å². The fourth-order valence-corrected chi connectivity index (χ4v) is 2.10. The highest BCUT2D eigenvalue weighted by atomic mass is 79.9. The largest absolute Gasteiger partial charge is 0.487 e. The van der Waals surface area contributed by atoms with Crippen LogP contribution in [0.25, 0.3) is 0 Å². The molecule has 0 fully saturated rings. The minimum atomic E-state index is -1.12. The van der Waals surface area contributed by atoms with E-state index in [0.717, 1.165) is 0 Å². The molecule has 0 radical (unpaired) electrons. The van der Waals surface area contributed by atoms with Crippen molar-refractivity contribution in [3.63, 3.8) is 0 Å². The number of halogens is 1. The van der Waals surface area contributed by atoms with Gasteiger partial charge in [0.25, 0.3) is 5.69 Å². The zero-order valence-electron chi connectivity index (χ0n) is 10.5. The Morgan fingerprint density at radius 2 is 2.14 bits per heavy atom. The van der Waals surface area contributed by atoms with Gasteiger partial charge in [-0.2, -0.15) is 0 Å². The highest BCUT2D eigenvalue weighted by molar-refractivity contribution is 9.10. The Balaban J connectivity index is 2.11. The number of hydrogen-bond donors (Lipinski definition) is 1. The van der Waals surface area contributed by atoms with Gasteiger partial charge in [0.1, 0.15) is 22.5 Å². The number of nitro groups is 1. The number of aromatic nitrogens is 1. The van der Waals surface area contributed by atoms with Gasteiger partial charge in [0.15, 0.2) is 0 Å². The van der Waals surface area contributed by atoms with E-state index in [1.807, 2.05) is 0 Å². The van der Waals surface area contributed by atoms with Crippen LogP contribution in [0.5, 0.6) is 5.75 Å². The highest BCUT2D eigenvalue weighted by Gasteiger charge is 2.15. The van der Waals surface area contributed by atoms with Crippen LogP contribution in [-0.2, 0) is 6.61 Å². The monoisotopic (exact) mass is 352 g/mol. The quantitative estimate of drug-likeness (QED) is 0.655. The first kappa shape index (κ1) is 14.9. The molecule has 8 heteroatoms. The van der Waals surface area contributed by atoms with Crippen molar-refractivity contribution in [2.75, 3.05) is 0 Å². The van der Waals surface area contributed by atoms with Crippen LogP contribution >= 0.6 is 15.9 Å². The number of benzene rings is 1. The SMILES string of the molecule is O=C(O)c1ccc(OCc2cccc([N+](=O)[O-])c2Br)cn1. The summed E-state index contributed by atoms with van der Waals surface area (Å²) < 4.78 is 5.79. The molecule has 0 aliphatic heterocycles. The van der Waals surface area contributed by atoms with Crippen molar-refractivity contribution in [3.05, 3.63) is 62.4 Å². The molecule has 0 saturated carbocycles. The van der Waals surface area contributed by atoms with Crippen molar-refractivity contribution < 1.29 is 19.6 Å². The predicted octanol–water partition coefficient (Wildman–Crippen LogP) is 3.03. The summed E-state index contributed by atoms with van der Waals surface area (Å²) in [5.74, 6) is -0.749. The summed E-state index contributed by atoms with van der Waals surface area (Å²) in [6.45, 7) is 0.0936. The maximum Gasteiger partial charge on any atom is 0.354 e. The van der Waals surface area contributed by atoms with E-state index in [2.05, 4.69) is 20.9 Å². The van der Waals surface area contributed by atoms with Crippen LogP contribution in [0.1, 0.15) is 16.1 Å². The first-order valence-electron chi connectivity index (χ1n) is 5.73. The van der Waals surface area contributed by atoms with Gasteiger partial charge < -0.3 is 9.84 Å². The van der Waals surface area contributed by atoms with Crippen molar-refractivity contribution in [3.8, 4) is 5.75 Å². The second-order valence-electron chi connectivity index (χ2n) is 3.98. The molecule has 108 valence electrons. The van der Waals surface area contributed by atoms with E-state index in [-0.39, 0.29) is 18.0 Å². The summed E-state index contributed by atoms with van der Waals surface area (Å²) in [5.41, 5.74) is 0.473. The number of aromatic carboxylic acids is 1. The van der Waals surface area contributed by atoms with Crippen LogP contribution in [0.4, 0.5) is 5.69 Å². The second-order valence-corrected chi connectivity index (χ2v) is 4.77. The van der Waals surface area contributed by atoms with E-state index in [9.17, 15) is 14.9 Å². The number of carboxylic acid groups (broad SMARTS) is 1. The molecule has 0 atom stereocenters. The number of nitro benzene ring substituents is 1. The second kappa shape index (κ2) is 6.31. The summed E-state index contributed by atoms with van der Waals surface area (Å²) in [7, 11) is 0. The van der Waals surface area contributed by atoms with Gasteiger partial charge in [-0.1, -0.05) is 12.1 Å². The number of pyridine rings is 1. The molecule has 0 aliphatic rings. The predicted molar refractivity (Wildman–Crippen MR) is 76.3 cm³/mol. The molecule has 0 saturated heterocycles. The minimum absolute atomic E-state index is 0.0459. The Hall–Kier alpha value is -2.48. The van der Waals surface area contributed by atoms with E-state index < -0.39 is 10.9 Å². The molecule has 2 aromatic rings. The van der Waals surface area contributed by atoms with Crippen molar-refractivity contribution in [2.24, 2.45) is 0 Å². The van der Waals surface area contributed by atoms with Gasteiger partial charge in [-0.15, -0.1) is 0 Å². The Labute approximate surface area is 127 Å². The van der Waals surface area contributed by atoms with E-state index in [0.29, 0.717) is 15.8 Å². The van der Waals surface area contributed by atoms with Crippen molar-refractivity contribution in [1.82, 2.24) is 4.98 Å². The lowest BCUT2D eigenvalue weighted by atomic mass is 10.2. The third-order valence-electron chi connectivity index (χ3n) is 2.60. The summed E-state index contributed by atoms with van der Waals surface area (Å²) in [6.07, 6.45) is 1.29. The van der Waals surface area contributed by atoms with E-state index in [1.165, 1.54) is 24.4 Å². The highest BCUT2D eigenvalue weighted by Crippen LogP contribution is 2.29. The number of carbonyl (C=O) groups is 1. The zero-order chi connectivity index (χ0) is 15.4. The zero-order valence-corrected chi connectivity index (χ0v) is 12.1. The molecule has 0 bridgehead atoms. The maximum atomic E-state index is 10.8. The summed E-state index contributed by atoms with van der Waals surface area (Å²) in [4.78, 5) is 24.7. The smallest absolute Gasteiger partial charge is 0.354 e. The van der Waals surface area contributed by atoms with Crippen molar-refractivity contribution in [1.29, 1.82) is 0 Å². The number of nitrogens with zero attached hydrogens (tertiary/aromatic N) is 2. The molecule has 1 N–H and O–H groups in total. The summed E-state index contributed by atoms with van der Waals surface area (Å²) in [6, 6.07) is 7.43. The van der Waals surface area contributed by atoms with Gasteiger partial charge in [0.2, 0.25) is 0 Å². The number of rotatable bonds is 5. The number of carboxylic acids is 1. The number of hydrogen-bond acceptors (Lipinski definition) is 5. The van der Waals surface area contributed by atoms with Crippen LogP contribution in [0.3, 0.4) is 0 Å². The first-order chi connectivity index (χ1) is 9.99. The standard InChI is InChI=1S/C13H9BrN2O5/c14-12-8(2-1-3-11(12)16(19)20)7-21-9-4-5-10(13(17)18)15-6-9/h1-6H,7H2,(H,17,18). The Morgan fingerprint density at radius 3 is 2.71 bits per heavy atom. The molecule has 7 nitrogen and oxygen atoms in total. The molecule has 1 aromatic carbocycles. The molecule has 21 heavy (non-hydrogen) atoms. The van der Waals surface area contributed by atoms with Gasteiger partial charge >= 0.3 is 5.97 Å². The van der Waals surface area contributed by atoms with Gasteiger partial charge in [0.05, 0.1) is 11.1 Å². The van der Waals surface area contributed by atoms with E-state index >= 15 is 0 Å². The molecule has 1 aromatic heterocycles. The lowest BCUT2D eigenvalue weighted by molar-refractivity contribution is -0.385. The lowest BCUT2D eigenvalue weighted by Gasteiger charge is -2.08. The summed E-state index contributed by atoms with van der Waals surface area (Å²) in [5, 5.41) is 19.5. The Kier molecular flexibility index (Phi) is 4.49. The van der Waals surface area contributed by atoms with Crippen LogP contribution in [0, 0.1) is 10.1 Å². The molecule has 0 spiro atoms. The molecule has 0 aliphatic carbocycles. The van der Waals surface area contributed by atoms with E-state index in [1.54, 1.807) is 12.1 Å². The topological polar surface area (TPSA) is 103 Å². The third kappa shape index (κ3) is 3.54. The third-order valence-corrected chi connectivity index (χ3v) is 3.52. The normalized spacial score (nSPS) is 10.1. The average Bonchev–Trinajstić information content (AvgIpc) is 2.46. The maximum absolute atomic E-state index is 10.8. The average molecular weight is 353 g/mol. The molecule has 0 amide bonds. The van der Waals surface area contributed by atoms with Crippen molar-refractivity contribution >= 4 is 27.6 Å². The van der Waals surface area contributed by atoms with Crippen molar-refractivity contribution in [2.45, 2.75) is 6.61 Å². The van der Waals surface area contributed by atoms with Crippen LogP contribution in [0.2, 0.25) is 0 Å². The molecular formula is C13H9BrN2O5.